The van der Waals surface area contributed by atoms with Gasteiger partial charge in [-0.2, -0.15) is 0 Å². The maximum absolute atomic E-state index is 10.8. The fourth-order valence-corrected chi connectivity index (χ4v) is 1.09. The number of amides is 1. The molecular formula is C10H13NO. The van der Waals surface area contributed by atoms with Crippen molar-refractivity contribution in [2.45, 2.75) is 19.8 Å². The minimum absolute atomic E-state index is 0.311. The van der Waals surface area contributed by atoms with E-state index in [4.69, 9.17) is 5.73 Å². The van der Waals surface area contributed by atoms with Gasteiger partial charge in [0.15, 0.2) is 0 Å². The first-order chi connectivity index (χ1) is 5.70. The second-order valence-electron chi connectivity index (χ2n) is 2.88. The SMILES string of the molecule is C/C1=C/C/C(C(N)=O)=C\CC=C1. The predicted molar refractivity (Wildman–Crippen MR) is 49.4 cm³/mol. The zero-order chi connectivity index (χ0) is 8.97. The summed E-state index contributed by atoms with van der Waals surface area (Å²) in [4.78, 5) is 10.8. The Morgan fingerprint density at radius 1 is 1.50 bits per heavy atom. The van der Waals surface area contributed by atoms with Gasteiger partial charge in [0.2, 0.25) is 5.91 Å². The van der Waals surface area contributed by atoms with Crippen molar-refractivity contribution in [1.29, 1.82) is 0 Å². The minimum Gasteiger partial charge on any atom is -0.366 e. The normalized spacial score (nSPS) is 26.1. The lowest BCUT2D eigenvalue weighted by Crippen LogP contribution is -2.13. The van der Waals surface area contributed by atoms with Crippen LogP contribution in [0.15, 0.2) is 35.5 Å². The molecule has 0 aliphatic heterocycles. The van der Waals surface area contributed by atoms with Crippen molar-refractivity contribution in [3.8, 4) is 0 Å². The zero-order valence-electron chi connectivity index (χ0n) is 7.21. The number of hydrogen-bond acceptors (Lipinski definition) is 1. The average molecular weight is 163 g/mol. The average Bonchev–Trinajstić information content (AvgIpc) is 1.97. The van der Waals surface area contributed by atoms with Gasteiger partial charge in [0, 0.05) is 5.57 Å². The molecule has 0 unspecified atom stereocenters. The van der Waals surface area contributed by atoms with E-state index in [0.29, 0.717) is 12.0 Å². The van der Waals surface area contributed by atoms with Crippen LogP contribution in [0, 0.1) is 0 Å². The first-order valence-corrected chi connectivity index (χ1v) is 4.02. The molecule has 2 heteroatoms. The Labute approximate surface area is 72.5 Å². The van der Waals surface area contributed by atoms with Crippen LogP contribution < -0.4 is 5.73 Å². The van der Waals surface area contributed by atoms with Gasteiger partial charge in [0.1, 0.15) is 0 Å². The number of carbonyl (C=O) groups excluding carboxylic acids is 1. The molecule has 0 saturated heterocycles. The van der Waals surface area contributed by atoms with Gasteiger partial charge in [-0.1, -0.05) is 29.9 Å². The molecule has 0 saturated carbocycles. The summed E-state index contributed by atoms with van der Waals surface area (Å²) in [7, 11) is 0. The van der Waals surface area contributed by atoms with Gasteiger partial charge in [-0.3, -0.25) is 4.79 Å². The molecule has 0 bridgehead atoms. The van der Waals surface area contributed by atoms with Crippen molar-refractivity contribution in [3.63, 3.8) is 0 Å². The smallest absolute Gasteiger partial charge is 0.244 e. The summed E-state index contributed by atoms with van der Waals surface area (Å²) in [6, 6.07) is 0. The Balaban J connectivity index is 2.80. The Morgan fingerprint density at radius 2 is 2.25 bits per heavy atom. The molecule has 0 radical (unpaired) electrons. The molecule has 0 heterocycles. The first kappa shape index (κ1) is 8.78. The van der Waals surface area contributed by atoms with Crippen LogP contribution in [0.25, 0.3) is 0 Å². The zero-order valence-corrected chi connectivity index (χ0v) is 7.21. The molecule has 0 aromatic carbocycles. The third-order valence-corrected chi connectivity index (χ3v) is 1.84. The Hall–Kier alpha value is -1.31. The van der Waals surface area contributed by atoms with Crippen LogP contribution in [0.3, 0.4) is 0 Å². The number of allylic oxidation sites excluding steroid dienone is 5. The quantitative estimate of drug-likeness (QED) is 0.628. The van der Waals surface area contributed by atoms with Crippen LogP contribution in [0.4, 0.5) is 0 Å². The van der Waals surface area contributed by atoms with Crippen molar-refractivity contribution < 1.29 is 4.79 Å². The standard InChI is InChI=1S/C10H13NO/c1-8-4-2-3-5-9(7-6-8)10(11)12/h2,4-6H,3,7H2,1H3,(H2,11,12)/b4-2?,8-6-,9-5+. The molecule has 0 fully saturated rings. The summed E-state index contributed by atoms with van der Waals surface area (Å²) in [5.41, 5.74) is 7.06. The van der Waals surface area contributed by atoms with Crippen LogP contribution in [-0.4, -0.2) is 5.91 Å². The van der Waals surface area contributed by atoms with Crippen molar-refractivity contribution in [2.75, 3.05) is 0 Å². The van der Waals surface area contributed by atoms with E-state index in [2.05, 4.69) is 0 Å². The van der Waals surface area contributed by atoms with Crippen LogP contribution in [0.1, 0.15) is 19.8 Å². The van der Waals surface area contributed by atoms with Gasteiger partial charge in [-0.15, -0.1) is 0 Å². The lowest BCUT2D eigenvalue weighted by molar-refractivity contribution is -0.114. The van der Waals surface area contributed by atoms with Gasteiger partial charge in [0.05, 0.1) is 0 Å². The van der Waals surface area contributed by atoms with Gasteiger partial charge in [-0.25, -0.2) is 0 Å². The maximum atomic E-state index is 10.8. The second-order valence-corrected chi connectivity index (χ2v) is 2.88. The molecule has 0 atom stereocenters. The number of primary amides is 1. The van der Waals surface area contributed by atoms with Crippen LogP contribution in [0.5, 0.6) is 0 Å². The highest BCUT2D eigenvalue weighted by atomic mass is 16.1. The topological polar surface area (TPSA) is 43.1 Å². The maximum Gasteiger partial charge on any atom is 0.244 e. The first-order valence-electron chi connectivity index (χ1n) is 4.02. The highest BCUT2D eigenvalue weighted by molar-refractivity contribution is 5.92. The van der Waals surface area contributed by atoms with E-state index in [9.17, 15) is 4.79 Å². The predicted octanol–water partition coefficient (Wildman–Crippen LogP) is 1.69. The monoisotopic (exact) mass is 163 g/mol. The van der Waals surface area contributed by atoms with Gasteiger partial charge in [-0.05, 0) is 19.8 Å². The number of rotatable bonds is 1. The molecule has 1 aliphatic rings. The van der Waals surface area contributed by atoms with Gasteiger partial charge >= 0.3 is 0 Å². The molecule has 0 aromatic heterocycles. The van der Waals surface area contributed by atoms with Gasteiger partial charge < -0.3 is 5.73 Å². The van der Waals surface area contributed by atoms with E-state index in [1.54, 1.807) is 0 Å². The minimum atomic E-state index is -0.311. The highest BCUT2D eigenvalue weighted by Gasteiger charge is 2.02. The lowest BCUT2D eigenvalue weighted by Gasteiger charge is -2.02. The summed E-state index contributed by atoms with van der Waals surface area (Å²) in [6.07, 6.45) is 9.41. The van der Waals surface area contributed by atoms with E-state index in [1.165, 1.54) is 5.57 Å². The van der Waals surface area contributed by atoms with Crippen LogP contribution >= 0.6 is 0 Å². The Kier molecular flexibility index (Phi) is 2.86. The Bertz CT molecular complexity index is 272. The summed E-state index contributed by atoms with van der Waals surface area (Å²) >= 11 is 0. The summed E-state index contributed by atoms with van der Waals surface area (Å²) < 4.78 is 0. The third-order valence-electron chi connectivity index (χ3n) is 1.84. The summed E-state index contributed by atoms with van der Waals surface area (Å²) in [5, 5.41) is 0. The van der Waals surface area contributed by atoms with Crippen molar-refractivity contribution >= 4 is 5.91 Å². The largest absolute Gasteiger partial charge is 0.366 e. The van der Waals surface area contributed by atoms with E-state index < -0.39 is 0 Å². The van der Waals surface area contributed by atoms with Gasteiger partial charge in [0.25, 0.3) is 0 Å². The number of carbonyl (C=O) groups is 1. The molecule has 64 valence electrons. The van der Waals surface area contributed by atoms with Crippen molar-refractivity contribution in [2.24, 2.45) is 5.73 Å². The molecule has 2 nitrogen and oxygen atoms in total. The van der Waals surface area contributed by atoms with Crippen molar-refractivity contribution in [1.82, 2.24) is 0 Å². The Morgan fingerprint density at radius 3 is 2.92 bits per heavy atom. The number of nitrogens with two attached hydrogens (primary N) is 1. The lowest BCUT2D eigenvalue weighted by atomic mass is 10.1. The second kappa shape index (κ2) is 3.90. The van der Waals surface area contributed by atoms with Crippen molar-refractivity contribution in [3.05, 3.63) is 35.5 Å². The van der Waals surface area contributed by atoms with Crippen LogP contribution in [-0.2, 0) is 4.79 Å². The van der Waals surface area contributed by atoms with E-state index >= 15 is 0 Å². The van der Waals surface area contributed by atoms with Crippen LogP contribution in [0.2, 0.25) is 0 Å². The molecule has 1 rings (SSSR count). The van der Waals surface area contributed by atoms with E-state index in [0.717, 1.165) is 6.42 Å². The van der Waals surface area contributed by atoms with E-state index in [-0.39, 0.29) is 5.91 Å². The molecule has 1 aliphatic carbocycles. The molecular weight excluding hydrogens is 150 g/mol. The molecule has 1 amide bonds. The van der Waals surface area contributed by atoms with E-state index in [1.807, 2.05) is 31.2 Å². The summed E-state index contributed by atoms with van der Waals surface area (Å²) in [5.74, 6) is -0.311. The fraction of sp³-hybridized carbons (Fsp3) is 0.300. The summed E-state index contributed by atoms with van der Waals surface area (Å²) in [6.45, 7) is 2.01. The molecule has 2 N–H and O–H groups in total. The molecule has 12 heavy (non-hydrogen) atoms. The third kappa shape index (κ3) is 2.38. The number of hydrogen-bond donors (Lipinski definition) is 1. The fourth-order valence-electron chi connectivity index (χ4n) is 1.09. The molecule has 0 spiro atoms. The molecule has 0 aromatic rings. The highest BCUT2D eigenvalue weighted by Crippen LogP contribution is 2.10.